The number of carbonyl (C=O) groups excluding carboxylic acids is 2. The van der Waals surface area contributed by atoms with Crippen LogP contribution in [0.3, 0.4) is 0 Å². The number of carbonyl (C=O) groups is 2. The van der Waals surface area contributed by atoms with Gasteiger partial charge in [-0.15, -0.1) is 0 Å². The number of likely N-dealkylation sites (tertiary alicyclic amines) is 1. The van der Waals surface area contributed by atoms with Gasteiger partial charge in [-0.05, 0) is 32.2 Å². The van der Waals surface area contributed by atoms with E-state index in [-0.39, 0.29) is 17.5 Å². The smallest absolute Gasteiger partial charge is 0.407 e. The highest BCUT2D eigenvalue weighted by Crippen LogP contribution is 2.27. The van der Waals surface area contributed by atoms with E-state index in [2.05, 4.69) is 22.3 Å². The van der Waals surface area contributed by atoms with Crippen LogP contribution in [0.4, 0.5) is 4.79 Å². The van der Waals surface area contributed by atoms with Crippen LogP contribution in [0.2, 0.25) is 0 Å². The summed E-state index contributed by atoms with van der Waals surface area (Å²) in [5.41, 5.74) is -0.375. The van der Waals surface area contributed by atoms with Crippen molar-refractivity contribution >= 4 is 12.0 Å². The number of ether oxygens (including phenoxy) is 1. The lowest BCUT2D eigenvalue weighted by atomic mass is 9.92. The number of alkyl carbamates (subject to hydrolysis) is 1. The molecule has 108 valence electrons. The normalized spacial score (nSPS) is 30.4. The van der Waals surface area contributed by atoms with Crippen LogP contribution < -0.4 is 10.6 Å². The Morgan fingerprint density at radius 2 is 2.32 bits per heavy atom. The molecule has 19 heavy (non-hydrogen) atoms. The Morgan fingerprint density at radius 1 is 1.53 bits per heavy atom. The third-order valence-corrected chi connectivity index (χ3v) is 4.24. The van der Waals surface area contributed by atoms with Gasteiger partial charge < -0.3 is 20.3 Å². The fourth-order valence-electron chi connectivity index (χ4n) is 3.03. The summed E-state index contributed by atoms with van der Waals surface area (Å²) in [6.45, 7) is 4.25. The van der Waals surface area contributed by atoms with E-state index in [1.165, 1.54) is 7.11 Å². The van der Waals surface area contributed by atoms with E-state index in [4.69, 9.17) is 0 Å². The van der Waals surface area contributed by atoms with Crippen LogP contribution in [0.25, 0.3) is 0 Å². The van der Waals surface area contributed by atoms with E-state index in [1.54, 1.807) is 0 Å². The Hall–Kier alpha value is -1.30. The van der Waals surface area contributed by atoms with Crippen LogP contribution >= 0.6 is 0 Å². The van der Waals surface area contributed by atoms with Gasteiger partial charge in [0.1, 0.15) is 0 Å². The summed E-state index contributed by atoms with van der Waals surface area (Å²) in [7, 11) is 1.35. The summed E-state index contributed by atoms with van der Waals surface area (Å²) in [5, 5.41) is 6.12. The third kappa shape index (κ3) is 2.83. The molecule has 0 spiro atoms. The fraction of sp³-hybridized carbons (Fsp3) is 0.846. The number of amides is 2. The second kappa shape index (κ2) is 5.77. The number of hydrogen-bond donors (Lipinski definition) is 2. The Balaban J connectivity index is 1.93. The summed E-state index contributed by atoms with van der Waals surface area (Å²) in [4.78, 5) is 25.7. The van der Waals surface area contributed by atoms with Crippen LogP contribution in [0.15, 0.2) is 0 Å². The Labute approximate surface area is 113 Å². The lowest BCUT2D eigenvalue weighted by Gasteiger charge is -2.31. The summed E-state index contributed by atoms with van der Waals surface area (Å²) < 4.78 is 4.58. The van der Waals surface area contributed by atoms with Gasteiger partial charge in [0.15, 0.2) is 0 Å². The maximum atomic E-state index is 12.6. The molecule has 0 aromatic rings. The van der Waals surface area contributed by atoms with Crippen LogP contribution in [-0.2, 0) is 9.53 Å². The molecule has 6 nitrogen and oxygen atoms in total. The summed E-state index contributed by atoms with van der Waals surface area (Å²) >= 11 is 0. The van der Waals surface area contributed by atoms with Crippen molar-refractivity contribution in [2.24, 2.45) is 0 Å². The molecule has 2 N–H and O–H groups in total. The quantitative estimate of drug-likeness (QED) is 0.781. The summed E-state index contributed by atoms with van der Waals surface area (Å²) in [5.74, 6) is 0.182. The van der Waals surface area contributed by atoms with Crippen LogP contribution in [0.5, 0.6) is 0 Å². The van der Waals surface area contributed by atoms with Gasteiger partial charge in [-0.25, -0.2) is 4.79 Å². The number of rotatable bonds is 3. The van der Waals surface area contributed by atoms with Gasteiger partial charge in [-0.3, -0.25) is 4.79 Å². The number of nitrogens with one attached hydrogen (secondary N) is 2. The van der Waals surface area contributed by atoms with Crippen molar-refractivity contribution in [1.29, 1.82) is 0 Å². The lowest BCUT2D eigenvalue weighted by molar-refractivity contribution is -0.137. The van der Waals surface area contributed by atoms with Crippen molar-refractivity contribution in [3.8, 4) is 0 Å². The second-order valence-electron chi connectivity index (χ2n) is 5.34. The van der Waals surface area contributed by atoms with Crippen molar-refractivity contribution in [3.63, 3.8) is 0 Å². The van der Waals surface area contributed by atoms with Gasteiger partial charge in [0.05, 0.1) is 18.7 Å². The molecule has 2 rings (SSSR count). The van der Waals surface area contributed by atoms with Gasteiger partial charge in [-0.1, -0.05) is 6.92 Å². The molecule has 0 radical (unpaired) electrons. The van der Waals surface area contributed by atoms with Crippen molar-refractivity contribution in [1.82, 2.24) is 15.5 Å². The van der Waals surface area contributed by atoms with E-state index in [1.807, 2.05) is 4.90 Å². The first-order valence-electron chi connectivity index (χ1n) is 7.00. The number of hydrogen-bond acceptors (Lipinski definition) is 4. The van der Waals surface area contributed by atoms with Gasteiger partial charge in [-0.2, -0.15) is 0 Å². The van der Waals surface area contributed by atoms with Crippen LogP contribution in [0.1, 0.15) is 32.6 Å². The van der Waals surface area contributed by atoms with Crippen LogP contribution in [0, 0.1) is 0 Å². The van der Waals surface area contributed by atoms with Gasteiger partial charge in [0.25, 0.3) is 0 Å². The molecule has 6 heteroatoms. The molecule has 2 atom stereocenters. The van der Waals surface area contributed by atoms with E-state index in [0.717, 1.165) is 32.2 Å². The van der Waals surface area contributed by atoms with Crippen molar-refractivity contribution < 1.29 is 14.3 Å². The number of nitrogens with zero attached hydrogens (tertiary/aromatic N) is 1. The first kappa shape index (κ1) is 14.1. The van der Waals surface area contributed by atoms with Crippen molar-refractivity contribution in [2.75, 3.05) is 26.7 Å². The average molecular weight is 269 g/mol. The van der Waals surface area contributed by atoms with Crippen molar-refractivity contribution in [2.45, 2.75) is 44.2 Å². The Morgan fingerprint density at radius 3 is 2.89 bits per heavy atom. The van der Waals surface area contributed by atoms with E-state index in [9.17, 15) is 9.59 Å². The molecule has 2 fully saturated rings. The molecule has 2 aliphatic rings. The molecule has 2 unspecified atom stereocenters. The van der Waals surface area contributed by atoms with Crippen LogP contribution in [-0.4, -0.2) is 55.2 Å². The topological polar surface area (TPSA) is 70.7 Å². The van der Waals surface area contributed by atoms with Gasteiger partial charge in [0, 0.05) is 13.1 Å². The van der Waals surface area contributed by atoms with E-state index in [0.29, 0.717) is 13.1 Å². The summed E-state index contributed by atoms with van der Waals surface area (Å²) in [6, 6.07) is 0.00621. The Kier molecular flexibility index (Phi) is 4.29. The van der Waals surface area contributed by atoms with Gasteiger partial charge in [0.2, 0.25) is 5.91 Å². The summed E-state index contributed by atoms with van der Waals surface area (Å²) in [6.07, 6.45) is 3.15. The minimum atomic E-state index is -0.427. The number of methoxy groups -OCH3 is 1. The highest BCUT2D eigenvalue weighted by atomic mass is 16.5. The van der Waals surface area contributed by atoms with E-state index < -0.39 is 6.09 Å². The predicted octanol–water partition coefficient (Wildman–Crippen LogP) is 0.476. The van der Waals surface area contributed by atoms with E-state index >= 15 is 0 Å². The first-order valence-corrected chi connectivity index (χ1v) is 7.00. The Bertz CT molecular complexity index is 353. The van der Waals surface area contributed by atoms with Crippen molar-refractivity contribution in [3.05, 3.63) is 0 Å². The zero-order valence-electron chi connectivity index (χ0n) is 11.7. The predicted molar refractivity (Wildman–Crippen MR) is 70.8 cm³/mol. The molecule has 2 amide bonds. The molecule has 2 aliphatic heterocycles. The molecule has 0 bridgehead atoms. The van der Waals surface area contributed by atoms with Gasteiger partial charge >= 0.3 is 6.09 Å². The highest BCUT2D eigenvalue weighted by molar-refractivity contribution is 5.87. The highest BCUT2D eigenvalue weighted by Gasteiger charge is 2.43. The molecule has 0 saturated carbocycles. The maximum Gasteiger partial charge on any atom is 0.407 e. The molecular weight excluding hydrogens is 246 g/mol. The molecule has 2 saturated heterocycles. The SMILES string of the molecule is CCC1(C(=O)N2CCC(NC(=O)OC)C2)CCCN1. The molecule has 0 aromatic heterocycles. The minimum Gasteiger partial charge on any atom is -0.453 e. The molecular formula is C13H23N3O3. The molecule has 2 heterocycles. The minimum absolute atomic E-state index is 0.00621. The maximum absolute atomic E-state index is 12.6. The molecule has 0 aliphatic carbocycles. The standard InChI is InChI=1S/C13H23N3O3/c1-3-13(6-4-7-14-13)11(17)16-8-5-10(9-16)15-12(18)19-2/h10,14H,3-9H2,1-2H3,(H,15,18). The monoisotopic (exact) mass is 269 g/mol. The fourth-order valence-corrected chi connectivity index (χ4v) is 3.03. The zero-order chi connectivity index (χ0) is 13.9. The lowest BCUT2D eigenvalue weighted by Crippen LogP contribution is -2.54. The second-order valence-corrected chi connectivity index (χ2v) is 5.34. The first-order chi connectivity index (χ1) is 9.11. The molecule has 0 aromatic carbocycles. The zero-order valence-corrected chi connectivity index (χ0v) is 11.7. The average Bonchev–Trinajstić information content (AvgIpc) is 3.07. The largest absolute Gasteiger partial charge is 0.453 e. The third-order valence-electron chi connectivity index (χ3n) is 4.24.